The number of hydrogen-bond donors (Lipinski definition) is 1. The monoisotopic (exact) mass is 306 g/mol. The zero-order chi connectivity index (χ0) is 14.1. The normalized spacial score (nSPS) is 12.8. The molecular formula is C11H21Cl3O3. The second-order valence-corrected chi connectivity index (χ2v) is 5.36. The van der Waals surface area contributed by atoms with Gasteiger partial charge in [0.2, 0.25) is 0 Å². The Hall–Kier alpha value is 0.01000. The fourth-order valence-corrected chi connectivity index (χ4v) is 1.06. The molecule has 0 saturated heterocycles. The number of alkyl halides is 3. The summed E-state index contributed by atoms with van der Waals surface area (Å²) < 4.78 is -0.750. The van der Waals surface area contributed by atoms with Crippen LogP contribution in [0.15, 0.2) is 0 Å². The van der Waals surface area contributed by atoms with Gasteiger partial charge in [-0.25, -0.2) is 0 Å². The van der Waals surface area contributed by atoms with Crippen LogP contribution < -0.4 is 0 Å². The summed E-state index contributed by atoms with van der Waals surface area (Å²) in [6.07, 6.45) is 9.00. The second kappa shape index (κ2) is 21.3. The lowest BCUT2D eigenvalue weighted by Crippen LogP contribution is -1.85. The van der Waals surface area contributed by atoms with Gasteiger partial charge < -0.3 is 9.90 Å². The molecule has 17 heavy (non-hydrogen) atoms. The minimum atomic E-state index is -0.750. The Labute approximate surface area is 118 Å². The van der Waals surface area contributed by atoms with Crippen molar-refractivity contribution in [2.75, 3.05) is 0 Å². The van der Waals surface area contributed by atoms with Gasteiger partial charge >= 0.3 is 0 Å². The number of halogens is 3. The molecule has 1 aliphatic rings. The van der Waals surface area contributed by atoms with E-state index in [0.717, 1.165) is 0 Å². The van der Waals surface area contributed by atoms with Crippen LogP contribution in [0.3, 0.4) is 0 Å². The van der Waals surface area contributed by atoms with E-state index in [1.165, 1.54) is 52.4 Å². The maximum absolute atomic E-state index is 9.44. The predicted molar refractivity (Wildman–Crippen MR) is 74.1 cm³/mol. The number of Topliss-reactive ketones (excluding diaryl/α,β-unsaturated/α-hetero) is 1. The van der Waals surface area contributed by atoms with Gasteiger partial charge in [0.25, 0.3) is 6.47 Å². The van der Waals surface area contributed by atoms with Gasteiger partial charge in [0.1, 0.15) is 5.78 Å². The summed E-state index contributed by atoms with van der Waals surface area (Å²) in [4.78, 5) is 17.8. The van der Waals surface area contributed by atoms with Crippen LogP contribution in [0.1, 0.15) is 52.4 Å². The molecule has 0 aromatic carbocycles. The number of hydrogen-bond acceptors (Lipinski definition) is 2. The Morgan fingerprint density at radius 2 is 1.06 bits per heavy atom. The summed E-state index contributed by atoms with van der Waals surface area (Å²) in [5.74, 6) is 0.167. The molecule has 0 atom stereocenters. The number of carbonyl (C=O) groups excluding carboxylic acids is 1. The van der Waals surface area contributed by atoms with E-state index in [1.54, 1.807) is 0 Å². The molecule has 0 unspecified atom stereocenters. The molecule has 0 spiro atoms. The fourth-order valence-electron chi connectivity index (χ4n) is 1.06. The highest BCUT2D eigenvalue weighted by Crippen LogP contribution is 2.15. The van der Waals surface area contributed by atoms with Crippen molar-refractivity contribution in [2.45, 2.75) is 56.7 Å². The molecule has 1 N–H and O–H groups in total. The zero-order valence-corrected chi connectivity index (χ0v) is 12.6. The highest BCUT2D eigenvalue weighted by Gasteiger charge is 1.95. The molecule has 104 valence electrons. The Morgan fingerprint density at radius 3 is 1.12 bits per heavy atom. The third-order valence-electron chi connectivity index (χ3n) is 1.50. The average molecular weight is 308 g/mol. The maximum atomic E-state index is 9.44. The number of carbonyl (C=O) groups is 2. The molecule has 1 aliphatic carbocycles. The van der Waals surface area contributed by atoms with E-state index in [1.807, 2.05) is 0 Å². The fraction of sp³-hybridized carbons (Fsp3) is 0.818. The highest BCUT2D eigenvalue weighted by atomic mass is 35.6. The standard InChI is InChI=1S/C6H12.C3H6O.CHCl3.CH2O2/c1-2-4-6-5-3-1;1-3(2)4;2-1(3)4;2-1-3/h1-6H2;1-2H3;1H;1H,(H,2,3). The summed E-state index contributed by atoms with van der Waals surface area (Å²) in [5.41, 5.74) is 0. The van der Waals surface area contributed by atoms with Crippen molar-refractivity contribution in [3.63, 3.8) is 0 Å². The molecule has 0 bridgehead atoms. The molecular weight excluding hydrogens is 286 g/mol. The van der Waals surface area contributed by atoms with Crippen molar-refractivity contribution < 1.29 is 14.7 Å². The van der Waals surface area contributed by atoms with Gasteiger partial charge in [-0.15, -0.1) is 0 Å². The summed E-state index contributed by atoms with van der Waals surface area (Å²) in [7, 11) is 0. The van der Waals surface area contributed by atoms with Crippen molar-refractivity contribution in [1.29, 1.82) is 0 Å². The summed E-state index contributed by atoms with van der Waals surface area (Å²) in [6, 6.07) is 0. The molecule has 0 aromatic rings. The van der Waals surface area contributed by atoms with E-state index >= 15 is 0 Å². The zero-order valence-electron chi connectivity index (χ0n) is 10.3. The topological polar surface area (TPSA) is 54.4 Å². The third-order valence-corrected chi connectivity index (χ3v) is 1.50. The van der Waals surface area contributed by atoms with Gasteiger partial charge in [0, 0.05) is 0 Å². The molecule has 0 amide bonds. The Bertz CT molecular complexity index is 142. The largest absolute Gasteiger partial charge is 0.483 e. The molecule has 0 aliphatic heterocycles. The quantitative estimate of drug-likeness (QED) is 0.524. The van der Waals surface area contributed by atoms with Crippen LogP contribution >= 0.6 is 34.8 Å². The van der Waals surface area contributed by atoms with Crippen LogP contribution in [0.4, 0.5) is 0 Å². The first kappa shape index (κ1) is 22.2. The lowest BCUT2D eigenvalue weighted by molar-refractivity contribution is -0.123. The van der Waals surface area contributed by atoms with Gasteiger partial charge in [0.05, 0.1) is 0 Å². The Balaban J connectivity index is -0.000000161. The molecule has 0 heterocycles. The molecule has 1 saturated carbocycles. The van der Waals surface area contributed by atoms with E-state index in [4.69, 9.17) is 44.7 Å². The first-order valence-corrected chi connectivity index (χ1v) is 6.66. The smallest absolute Gasteiger partial charge is 0.290 e. The van der Waals surface area contributed by atoms with Crippen molar-refractivity contribution in [2.24, 2.45) is 0 Å². The molecule has 0 radical (unpaired) electrons. The summed E-state index contributed by atoms with van der Waals surface area (Å²) in [5, 5.41) is 6.89. The van der Waals surface area contributed by atoms with Crippen LogP contribution in [-0.4, -0.2) is 21.7 Å². The van der Waals surface area contributed by atoms with E-state index in [0.29, 0.717) is 0 Å². The average Bonchev–Trinajstić information content (AvgIpc) is 2.19. The third kappa shape index (κ3) is 87.0. The highest BCUT2D eigenvalue weighted by molar-refractivity contribution is 6.63. The summed E-state index contributed by atoms with van der Waals surface area (Å²) in [6.45, 7) is 2.81. The molecule has 6 heteroatoms. The van der Waals surface area contributed by atoms with Gasteiger partial charge in [-0.3, -0.25) is 4.79 Å². The molecule has 1 rings (SSSR count). The SMILES string of the molecule is C1CCCCC1.CC(C)=O.ClC(Cl)Cl.O=CO. The number of rotatable bonds is 0. The van der Waals surface area contributed by atoms with Crippen LogP contribution in [-0.2, 0) is 9.59 Å². The minimum absolute atomic E-state index is 0.167. The number of carboxylic acid groups (broad SMARTS) is 1. The first-order valence-electron chi connectivity index (χ1n) is 5.35. The minimum Gasteiger partial charge on any atom is -0.483 e. The maximum Gasteiger partial charge on any atom is 0.290 e. The molecule has 3 nitrogen and oxygen atoms in total. The van der Waals surface area contributed by atoms with Gasteiger partial charge in [0.15, 0.2) is 4.30 Å². The Morgan fingerprint density at radius 1 is 1.00 bits per heavy atom. The van der Waals surface area contributed by atoms with Crippen LogP contribution in [0, 0.1) is 0 Å². The van der Waals surface area contributed by atoms with E-state index in [9.17, 15) is 4.79 Å². The van der Waals surface area contributed by atoms with Gasteiger partial charge in [-0.05, 0) is 13.8 Å². The van der Waals surface area contributed by atoms with Crippen LogP contribution in [0.25, 0.3) is 0 Å². The molecule has 0 aromatic heterocycles. The Kier molecular flexibility index (Phi) is 27.8. The second-order valence-electron chi connectivity index (χ2n) is 3.38. The van der Waals surface area contributed by atoms with Gasteiger partial charge in [-0.2, -0.15) is 0 Å². The van der Waals surface area contributed by atoms with Crippen LogP contribution in [0.2, 0.25) is 0 Å². The van der Waals surface area contributed by atoms with E-state index < -0.39 is 4.30 Å². The van der Waals surface area contributed by atoms with Crippen molar-refractivity contribution in [1.82, 2.24) is 0 Å². The van der Waals surface area contributed by atoms with Crippen LogP contribution in [0.5, 0.6) is 0 Å². The molecule has 1 fully saturated rings. The lowest BCUT2D eigenvalue weighted by atomic mass is 10.0. The summed E-state index contributed by atoms with van der Waals surface area (Å²) >= 11 is 14.4. The lowest BCUT2D eigenvalue weighted by Gasteiger charge is -2.05. The van der Waals surface area contributed by atoms with Crippen molar-refractivity contribution >= 4 is 47.1 Å². The first-order chi connectivity index (χ1) is 7.88. The predicted octanol–water partition coefficient (Wildman–Crippen LogP) is 4.62. The van der Waals surface area contributed by atoms with Crippen molar-refractivity contribution in [3.8, 4) is 0 Å². The van der Waals surface area contributed by atoms with Gasteiger partial charge in [-0.1, -0.05) is 73.3 Å². The van der Waals surface area contributed by atoms with E-state index in [2.05, 4.69) is 0 Å². The van der Waals surface area contributed by atoms with Crippen molar-refractivity contribution in [3.05, 3.63) is 0 Å². The van der Waals surface area contributed by atoms with E-state index in [-0.39, 0.29) is 12.3 Å². The number of ketones is 1.